The van der Waals surface area contributed by atoms with Crippen LogP contribution in [0.3, 0.4) is 0 Å². The first-order valence-corrected chi connectivity index (χ1v) is 9.00. The van der Waals surface area contributed by atoms with Crippen molar-refractivity contribution < 1.29 is 9.53 Å². The number of carbonyl (C=O) groups is 1. The second-order valence-electron chi connectivity index (χ2n) is 7.17. The van der Waals surface area contributed by atoms with Gasteiger partial charge in [-0.1, -0.05) is 6.08 Å². The standard InChI is InChI=1S/C18H33N3O2/c1-5-8-19-18(22)16(4)21-9-6-17(7-10-21)13-20-11-14(2)23-15(3)12-20/h5,14-17H,1,6-13H2,2-4H3,(H,19,22). The average molecular weight is 323 g/mol. The lowest BCUT2D eigenvalue weighted by Crippen LogP contribution is -2.51. The molecule has 1 amide bonds. The molecule has 2 heterocycles. The summed E-state index contributed by atoms with van der Waals surface area (Å²) >= 11 is 0. The number of carbonyl (C=O) groups excluding carboxylic acids is 1. The lowest BCUT2D eigenvalue weighted by Gasteiger charge is -2.40. The van der Waals surface area contributed by atoms with Crippen LogP contribution in [0.15, 0.2) is 12.7 Å². The summed E-state index contributed by atoms with van der Waals surface area (Å²) in [6.07, 6.45) is 4.76. The fourth-order valence-electron chi connectivity index (χ4n) is 3.81. The Morgan fingerprint density at radius 2 is 1.91 bits per heavy atom. The second-order valence-corrected chi connectivity index (χ2v) is 7.17. The van der Waals surface area contributed by atoms with Crippen LogP contribution in [0.1, 0.15) is 33.6 Å². The minimum atomic E-state index is -0.0423. The summed E-state index contributed by atoms with van der Waals surface area (Å²) in [7, 11) is 0. The third-order valence-electron chi connectivity index (χ3n) is 5.01. The van der Waals surface area contributed by atoms with Crippen LogP contribution in [0.4, 0.5) is 0 Å². The Labute approximate surface area is 141 Å². The number of hydrogen-bond acceptors (Lipinski definition) is 4. The SMILES string of the molecule is C=CCNC(=O)C(C)N1CCC(CN2CC(C)OC(C)C2)CC1. The Bertz CT molecular complexity index is 384. The number of ether oxygens (including phenoxy) is 1. The van der Waals surface area contributed by atoms with E-state index in [0.717, 1.165) is 32.1 Å². The molecular weight excluding hydrogens is 290 g/mol. The minimum Gasteiger partial charge on any atom is -0.373 e. The van der Waals surface area contributed by atoms with Crippen molar-refractivity contribution in [1.29, 1.82) is 0 Å². The van der Waals surface area contributed by atoms with E-state index in [1.165, 1.54) is 19.4 Å². The monoisotopic (exact) mass is 323 g/mol. The van der Waals surface area contributed by atoms with Crippen LogP contribution < -0.4 is 5.32 Å². The zero-order valence-corrected chi connectivity index (χ0v) is 15.0. The molecule has 2 aliphatic rings. The molecule has 2 rings (SSSR count). The molecule has 0 spiro atoms. The lowest BCUT2D eigenvalue weighted by molar-refractivity contribution is -0.126. The summed E-state index contributed by atoms with van der Waals surface area (Å²) in [5.41, 5.74) is 0. The van der Waals surface area contributed by atoms with E-state index in [1.807, 2.05) is 6.92 Å². The number of likely N-dealkylation sites (tertiary alicyclic amines) is 1. The predicted octanol–water partition coefficient (Wildman–Crippen LogP) is 1.50. The van der Waals surface area contributed by atoms with E-state index in [2.05, 4.69) is 35.5 Å². The van der Waals surface area contributed by atoms with Gasteiger partial charge in [-0.3, -0.25) is 14.6 Å². The molecule has 0 bridgehead atoms. The number of rotatable bonds is 6. The maximum atomic E-state index is 12.0. The largest absolute Gasteiger partial charge is 0.373 e. The third-order valence-corrected chi connectivity index (χ3v) is 5.01. The van der Waals surface area contributed by atoms with Crippen molar-refractivity contribution in [2.75, 3.05) is 39.3 Å². The molecule has 0 aromatic rings. The number of morpholine rings is 1. The van der Waals surface area contributed by atoms with Gasteiger partial charge in [0.15, 0.2) is 0 Å². The van der Waals surface area contributed by atoms with E-state index < -0.39 is 0 Å². The molecule has 0 aliphatic carbocycles. The quantitative estimate of drug-likeness (QED) is 0.753. The molecule has 132 valence electrons. The Kier molecular flexibility index (Phi) is 7.06. The van der Waals surface area contributed by atoms with Gasteiger partial charge >= 0.3 is 0 Å². The molecule has 2 saturated heterocycles. The van der Waals surface area contributed by atoms with Crippen LogP contribution in [0.2, 0.25) is 0 Å². The zero-order chi connectivity index (χ0) is 16.8. The highest BCUT2D eigenvalue weighted by atomic mass is 16.5. The second kappa shape index (κ2) is 8.81. The van der Waals surface area contributed by atoms with Crippen molar-refractivity contribution in [3.63, 3.8) is 0 Å². The summed E-state index contributed by atoms with van der Waals surface area (Å²) in [4.78, 5) is 16.9. The van der Waals surface area contributed by atoms with E-state index in [4.69, 9.17) is 4.74 Å². The highest BCUT2D eigenvalue weighted by Gasteiger charge is 2.29. The molecular formula is C18H33N3O2. The van der Waals surface area contributed by atoms with Gasteiger partial charge in [0.05, 0.1) is 18.2 Å². The van der Waals surface area contributed by atoms with Crippen LogP contribution >= 0.6 is 0 Å². The molecule has 3 unspecified atom stereocenters. The molecule has 0 aromatic carbocycles. The van der Waals surface area contributed by atoms with Gasteiger partial charge in [0.1, 0.15) is 0 Å². The highest BCUT2D eigenvalue weighted by Crippen LogP contribution is 2.22. The number of hydrogen-bond donors (Lipinski definition) is 1. The molecule has 1 N–H and O–H groups in total. The Hall–Kier alpha value is -0.910. The first-order chi connectivity index (χ1) is 11.0. The normalized spacial score (nSPS) is 29.2. The molecule has 2 fully saturated rings. The molecule has 5 heteroatoms. The van der Waals surface area contributed by atoms with Gasteiger partial charge in [-0.2, -0.15) is 0 Å². The maximum absolute atomic E-state index is 12.0. The van der Waals surface area contributed by atoms with E-state index in [-0.39, 0.29) is 11.9 Å². The fraction of sp³-hybridized carbons (Fsp3) is 0.833. The number of nitrogens with one attached hydrogen (secondary N) is 1. The number of amides is 1. The Morgan fingerprint density at radius 1 is 1.30 bits per heavy atom. The summed E-state index contributed by atoms with van der Waals surface area (Å²) < 4.78 is 5.81. The van der Waals surface area contributed by atoms with Crippen molar-refractivity contribution in [3.05, 3.63) is 12.7 Å². The first-order valence-electron chi connectivity index (χ1n) is 9.00. The third kappa shape index (κ3) is 5.59. The predicted molar refractivity (Wildman–Crippen MR) is 93.4 cm³/mol. The molecule has 0 saturated carbocycles. The molecule has 3 atom stereocenters. The van der Waals surface area contributed by atoms with Crippen LogP contribution in [0.5, 0.6) is 0 Å². The Morgan fingerprint density at radius 3 is 2.48 bits per heavy atom. The summed E-state index contributed by atoms with van der Waals surface area (Å²) in [5.74, 6) is 0.853. The zero-order valence-electron chi connectivity index (χ0n) is 15.0. The van der Waals surface area contributed by atoms with Crippen molar-refractivity contribution in [1.82, 2.24) is 15.1 Å². The molecule has 2 aliphatic heterocycles. The van der Waals surface area contributed by atoms with E-state index in [1.54, 1.807) is 6.08 Å². The van der Waals surface area contributed by atoms with Gasteiger partial charge in [0, 0.05) is 26.2 Å². The lowest BCUT2D eigenvalue weighted by atomic mass is 9.94. The topological polar surface area (TPSA) is 44.8 Å². The van der Waals surface area contributed by atoms with Gasteiger partial charge in [-0.25, -0.2) is 0 Å². The molecule has 23 heavy (non-hydrogen) atoms. The molecule has 0 radical (unpaired) electrons. The van der Waals surface area contributed by atoms with E-state index >= 15 is 0 Å². The van der Waals surface area contributed by atoms with Crippen molar-refractivity contribution in [2.24, 2.45) is 5.92 Å². The summed E-state index contributed by atoms with van der Waals surface area (Å²) in [6, 6.07) is -0.0423. The number of piperidine rings is 1. The summed E-state index contributed by atoms with van der Waals surface area (Å²) in [6.45, 7) is 15.8. The number of nitrogens with zero attached hydrogens (tertiary/aromatic N) is 2. The van der Waals surface area contributed by atoms with Crippen molar-refractivity contribution >= 4 is 5.91 Å². The fourth-order valence-corrected chi connectivity index (χ4v) is 3.81. The van der Waals surface area contributed by atoms with E-state index in [0.29, 0.717) is 18.8 Å². The van der Waals surface area contributed by atoms with Crippen LogP contribution in [-0.2, 0) is 9.53 Å². The van der Waals surface area contributed by atoms with Gasteiger partial charge in [0.2, 0.25) is 5.91 Å². The van der Waals surface area contributed by atoms with Crippen LogP contribution in [0, 0.1) is 5.92 Å². The van der Waals surface area contributed by atoms with Gasteiger partial charge in [-0.05, 0) is 52.6 Å². The van der Waals surface area contributed by atoms with Crippen molar-refractivity contribution in [2.45, 2.75) is 51.9 Å². The molecule has 5 nitrogen and oxygen atoms in total. The average Bonchev–Trinajstić information content (AvgIpc) is 2.51. The van der Waals surface area contributed by atoms with Crippen molar-refractivity contribution in [3.8, 4) is 0 Å². The van der Waals surface area contributed by atoms with Crippen LogP contribution in [-0.4, -0.2) is 73.2 Å². The Balaban J connectivity index is 1.73. The maximum Gasteiger partial charge on any atom is 0.237 e. The van der Waals surface area contributed by atoms with Gasteiger partial charge in [-0.15, -0.1) is 6.58 Å². The van der Waals surface area contributed by atoms with Gasteiger partial charge in [0.25, 0.3) is 0 Å². The first kappa shape index (κ1) is 18.4. The van der Waals surface area contributed by atoms with Gasteiger partial charge < -0.3 is 10.1 Å². The van der Waals surface area contributed by atoms with E-state index in [9.17, 15) is 4.79 Å². The highest BCUT2D eigenvalue weighted by molar-refractivity contribution is 5.81. The minimum absolute atomic E-state index is 0.0423. The summed E-state index contributed by atoms with van der Waals surface area (Å²) in [5, 5.41) is 2.90. The van der Waals surface area contributed by atoms with Crippen LogP contribution in [0.25, 0.3) is 0 Å². The molecule has 0 aromatic heterocycles. The smallest absolute Gasteiger partial charge is 0.237 e.